The third kappa shape index (κ3) is 6.17. The summed E-state index contributed by atoms with van der Waals surface area (Å²) in [6.45, 7) is 9.42. The quantitative estimate of drug-likeness (QED) is 0.201. The van der Waals surface area contributed by atoms with Gasteiger partial charge in [0.2, 0.25) is 5.91 Å². The fourth-order valence-corrected chi connectivity index (χ4v) is 10.2. The van der Waals surface area contributed by atoms with Gasteiger partial charge in [-0.25, -0.2) is 0 Å². The maximum Gasteiger partial charge on any atom is 0.261 e. The van der Waals surface area contributed by atoms with E-state index in [1.165, 1.54) is 10.4 Å². The van der Waals surface area contributed by atoms with Crippen LogP contribution in [0.4, 0.5) is 0 Å². The van der Waals surface area contributed by atoms with Crippen LogP contribution < -0.4 is 15.7 Å². The number of carbonyl (C=O) groups is 1. The van der Waals surface area contributed by atoms with Gasteiger partial charge in [-0.3, -0.25) is 4.79 Å². The van der Waals surface area contributed by atoms with E-state index in [2.05, 4.69) is 74.6 Å². The number of amides is 1. The topological polar surface area (TPSA) is 43.3 Å². The molecule has 204 valence electrons. The minimum atomic E-state index is -2.78. The average molecular weight is 580 g/mol. The highest BCUT2D eigenvalue weighted by molar-refractivity contribution is 6.99. The van der Waals surface area contributed by atoms with Gasteiger partial charge in [-0.2, -0.15) is 0 Å². The molecule has 0 spiro atoms. The molecule has 1 amide bonds. The number of aromatic nitrogens is 1. The van der Waals surface area contributed by atoms with Gasteiger partial charge in [-0.05, 0) is 46.1 Å². The molecule has 0 aliphatic rings. The van der Waals surface area contributed by atoms with Gasteiger partial charge in [-0.1, -0.05) is 112 Å². The van der Waals surface area contributed by atoms with E-state index in [9.17, 15) is 4.79 Å². The number of hydrogen-bond donors (Lipinski definition) is 1. The molecule has 1 aromatic heterocycles. The lowest BCUT2D eigenvalue weighted by Crippen LogP contribution is -2.66. The van der Waals surface area contributed by atoms with Crippen molar-refractivity contribution in [3.8, 4) is 5.69 Å². The van der Waals surface area contributed by atoms with Gasteiger partial charge in [0.05, 0.1) is 23.9 Å². The van der Waals surface area contributed by atoms with Gasteiger partial charge in [0.25, 0.3) is 8.32 Å². The lowest BCUT2D eigenvalue weighted by atomic mass is 10.2. The van der Waals surface area contributed by atoms with Crippen molar-refractivity contribution in [1.29, 1.82) is 0 Å². The Balaban J connectivity index is 1.73. The Morgan fingerprint density at radius 3 is 2.08 bits per heavy atom. The molecule has 0 atom stereocenters. The van der Waals surface area contributed by atoms with Crippen molar-refractivity contribution in [2.45, 2.75) is 58.7 Å². The molecule has 0 saturated carbocycles. The van der Waals surface area contributed by atoms with Crippen molar-refractivity contribution in [2.24, 2.45) is 0 Å². The van der Waals surface area contributed by atoms with Crippen molar-refractivity contribution >= 4 is 47.8 Å². The number of nitrogens with one attached hydrogen (secondary N) is 1. The number of rotatable bonds is 10. The smallest absolute Gasteiger partial charge is 0.261 e. The highest BCUT2D eigenvalue weighted by Gasteiger charge is 2.50. The van der Waals surface area contributed by atoms with Gasteiger partial charge in [-0.15, -0.1) is 0 Å². The van der Waals surface area contributed by atoms with Gasteiger partial charge in [0.1, 0.15) is 0 Å². The number of nitrogens with zero attached hydrogens (tertiary/aromatic N) is 1. The summed E-state index contributed by atoms with van der Waals surface area (Å²) in [6.07, 6.45) is 3.26. The molecule has 4 nitrogen and oxygen atoms in total. The molecule has 4 rings (SSSR count). The van der Waals surface area contributed by atoms with E-state index in [-0.39, 0.29) is 17.6 Å². The summed E-state index contributed by atoms with van der Waals surface area (Å²) in [5.41, 5.74) is 2.48. The first kappa shape index (κ1) is 29.2. The summed E-state index contributed by atoms with van der Waals surface area (Å²) in [4.78, 5) is 12.1. The molecule has 0 aliphatic heterocycles. The molecule has 0 aliphatic carbocycles. The minimum Gasteiger partial charge on any atom is -0.403 e. The van der Waals surface area contributed by atoms with Crippen LogP contribution in [0.25, 0.3) is 5.69 Å². The molecular formula is C32H36Cl2N2O2Si. The predicted octanol–water partition coefficient (Wildman–Crippen LogP) is 7.28. The van der Waals surface area contributed by atoms with Crippen molar-refractivity contribution < 1.29 is 9.22 Å². The van der Waals surface area contributed by atoms with Gasteiger partial charge < -0.3 is 14.3 Å². The Hall–Kier alpha value is -2.83. The standard InChI is InChI=1S/C32H36Cl2N2O2Si/c1-5-13-30(37)35-22-24-14-12-21-36(24)29-20-19-28(33)27(31(29)34)23-38-39(32(2,3)4,25-15-8-6-9-16-25)26-17-10-7-11-18-26/h6-12,14-21H,5,13,22-23H2,1-4H3,(H,35,37). The summed E-state index contributed by atoms with van der Waals surface area (Å²) < 4.78 is 9.12. The third-order valence-electron chi connectivity index (χ3n) is 7.05. The zero-order chi connectivity index (χ0) is 28.0. The van der Waals surface area contributed by atoms with Crippen LogP contribution in [0.2, 0.25) is 15.1 Å². The van der Waals surface area contributed by atoms with Gasteiger partial charge >= 0.3 is 0 Å². The molecule has 0 unspecified atom stereocenters. The molecule has 7 heteroatoms. The van der Waals surface area contributed by atoms with Crippen molar-refractivity contribution in [1.82, 2.24) is 9.88 Å². The van der Waals surface area contributed by atoms with E-state index >= 15 is 0 Å². The van der Waals surface area contributed by atoms with Crippen LogP contribution in [0.3, 0.4) is 0 Å². The lowest BCUT2D eigenvalue weighted by molar-refractivity contribution is -0.121. The second-order valence-corrected chi connectivity index (χ2v) is 15.8. The first-order valence-corrected chi connectivity index (χ1v) is 16.0. The van der Waals surface area contributed by atoms with E-state index in [4.69, 9.17) is 27.6 Å². The molecular weight excluding hydrogens is 543 g/mol. The fraction of sp³-hybridized carbons (Fsp3) is 0.281. The Morgan fingerprint density at radius 2 is 1.51 bits per heavy atom. The first-order chi connectivity index (χ1) is 18.7. The normalized spacial score (nSPS) is 11.9. The van der Waals surface area contributed by atoms with Crippen LogP contribution in [-0.2, 0) is 22.4 Å². The summed E-state index contributed by atoms with van der Waals surface area (Å²) in [6, 6.07) is 28.7. The summed E-state index contributed by atoms with van der Waals surface area (Å²) >= 11 is 13.8. The molecule has 0 bridgehead atoms. The zero-order valence-corrected chi connectivity index (χ0v) is 25.5. The summed E-state index contributed by atoms with van der Waals surface area (Å²) in [5, 5.41) is 6.32. The highest BCUT2D eigenvalue weighted by Crippen LogP contribution is 2.39. The van der Waals surface area contributed by atoms with E-state index in [1.807, 2.05) is 54.1 Å². The van der Waals surface area contributed by atoms with Crippen molar-refractivity contribution in [3.05, 3.63) is 112 Å². The number of hydrogen-bond acceptors (Lipinski definition) is 2. The molecule has 1 N–H and O–H groups in total. The van der Waals surface area contributed by atoms with Crippen LogP contribution in [0, 0.1) is 0 Å². The van der Waals surface area contributed by atoms with E-state index in [1.54, 1.807) is 0 Å². The maximum atomic E-state index is 12.1. The SMILES string of the molecule is CCCC(=O)NCc1cccn1-c1ccc(Cl)c(CO[Si](c2ccccc2)(c2ccccc2)C(C)(C)C)c1Cl. The van der Waals surface area contributed by atoms with Gasteiger partial charge in [0, 0.05) is 28.9 Å². The molecule has 39 heavy (non-hydrogen) atoms. The second-order valence-electron chi connectivity index (χ2n) is 10.7. The minimum absolute atomic E-state index is 0.0341. The third-order valence-corrected chi connectivity index (χ3v) is 12.8. The summed E-state index contributed by atoms with van der Waals surface area (Å²) in [7, 11) is -2.78. The Labute approximate surface area is 243 Å². The van der Waals surface area contributed by atoms with E-state index in [0.717, 1.165) is 23.4 Å². The van der Waals surface area contributed by atoms with Crippen molar-refractivity contribution in [3.63, 3.8) is 0 Å². The fourth-order valence-electron chi connectivity index (χ4n) is 5.15. The Bertz CT molecular complexity index is 1360. The average Bonchev–Trinajstić information content (AvgIpc) is 3.38. The lowest BCUT2D eigenvalue weighted by Gasteiger charge is -2.43. The van der Waals surface area contributed by atoms with Crippen molar-refractivity contribution in [2.75, 3.05) is 0 Å². The molecule has 4 aromatic rings. The van der Waals surface area contributed by atoms with Crippen LogP contribution >= 0.6 is 23.2 Å². The Kier molecular flexibility index (Phi) is 9.39. The molecule has 0 saturated heterocycles. The molecule has 0 radical (unpaired) electrons. The molecule has 3 aromatic carbocycles. The predicted molar refractivity (Wildman–Crippen MR) is 165 cm³/mol. The zero-order valence-electron chi connectivity index (χ0n) is 23.0. The van der Waals surface area contributed by atoms with Crippen LogP contribution in [0.5, 0.6) is 0 Å². The molecule has 0 fully saturated rings. The number of halogens is 2. The monoisotopic (exact) mass is 578 g/mol. The molecule has 1 heterocycles. The maximum absolute atomic E-state index is 12.1. The second kappa shape index (κ2) is 12.6. The van der Waals surface area contributed by atoms with Crippen LogP contribution in [0.1, 0.15) is 51.8 Å². The highest BCUT2D eigenvalue weighted by atomic mass is 35.5. The van der Waals surface area contributed by atoms with Crippen LogP contribution in [0.15, 0.2) is 91.1 Å². The summed E-state index contributed by atoms with van der Waals surface area (Å²) in [5.74, 6) is 0.0341. The van der Waals surface area contributed by atoms with E-state index in [0.29, 0.717) is 23.0 Å². The Morgan fingerprint density at radius 1 is 0.897 bits per heavy atom. The van der Waals surface area contributed by atoms with Crippen LogP contribution in [-0.4, -0.2) is 18.8 Å². The number of carbonyl (C=O) groups excluding carboxylic acids is 1. The number of benzene rings is 3. The first-order valence-electron chi connectivity index (χ1n) is 13.3. The largest absolute Gasteiger partial charge is 0.403 e. The van der Waals surface area contributed by atoms with Gasteiger partial charge in [0.15, 0.2) is 0 Å². The van der Waals surface area contributed by atoms with E-state index < -0.39 is 8.32 Å².